The minimum absolute atomic E-state index is 0.0503. The number of hydrogen-bond donors (Lipinski definition) is 1. The van der Waals surface area contributed by atoms with E-state index < -0.39 is 0 Å². The number of carbonyl (C=O) groups is 1. The molecule has 0 atom stereocenters. The summed E-state index contributed by atoms with van der Waals surface area (Å²) < 4.78 is 14.5. The highest BCUT2D eigenvalue weighted by Crippen LogP contribution is 2.12. The van der Waals surface area contributed by atoms with Gasteiger partial charge < -0.3 is 9.88 Å². The van der Waals surface area contributed by atoms with Crippen LogP contribution in [0, 0.1) is 5.82 Å². The second kappa shape index (κ2) is 8.25. The number of hydrogen-bond acceptors (Lipinski definition) is 2. The molecule has 0 radical (unpaired) electrons. The van der Waals surface area contributed by atoms with Crippen LogP contribution in [0.5, 0.6) is 0 Å². The molecule has 0 saturated heterocycles. The van der Waals surface area contributed by atoms with Crippen molar-refractivity contribution in [3.8, 4) is 0 Å². The molecule has 132 valence electrons. The molecule has 0 unspecified atom stereocenters. The van der Waals surface area contributed by atoms with Gasteiger partial charge in [0, 0.05) is 24.4 Å². The summed E-state index contributed by atoms with van der Waals surface area (Å²) in [5, 5.41) is 2.84. The van der Waals surface area contributed by atoms with Gasteiger partial charge in [0.2, 0.25) is 5.91 Å². The smallest absolute Gasteiger partial charge is 0.250 e. The Bertz CT molecular complexity index is 931. The number of benzene rings is 2. The predicted molar refractivity (Wildman–Crippen MR) is 99.6 cm³/mol. The molecular weight excluding hydrogens is 331 g/mol. The Kier molecular flexibility index (Phi) is 5.59. The van der Waals surface area contributed by atoms with Crippen LogP contribution in [0.15, 0.2) is 77.7 Å². The maximum Gasteiger partial charge on any atom is 0.250 e. The van der Waals surface area contributed by atoms with E-state index in [4.69, 9.17) is 0 Å². The summed E-state index contributed by atoms with van der Waals surface area (Å²) in [6.07, 6.45) is 2.63. The average Bonchev–Trinajstić information content (AvgIpc) is 2.65. The lowest BCUT2D eigenvalue weighted by Gasteiger charge is -2.08. The Hall–Kier alpha value is -3.21. The lowest BCUT2D eigenvalue weighted by molar-refractivity contribution is -0.116. The zero-order valence-corrected chi connectivity index (χ0v) is 14.2. The Morgan fingerprint density at radius 1 is 0.923 bits per heavy atom. The summed E-state index contributed by atoms with van der Waals surface area (Å²) in [6, 6.07) is 18.6. The summed E-state index contributed by atoms with van der Waals surface area (Å²) in [6.45, 7) is 0.485. The van der Waals surface area contributed by atoms with Crippen molar-refractivity contribution in [1.29, 1.82) is 0 Å². The van der Waals surface area contributed by atoms with E-state index >= 15 is 0 Å². The van der Waals surface area contributed by atoms with Gasteiger partial charge in [-0.2, -0.15) is 0 Å². The van der Waals surface area contributed by atoms with Gasteiger partial charge in [-0.3, -0.25) is 9.59 Å². The quantitative estimate of drug-likeness (QED) is 0.738. The third-order valence-corrected chi connectivity index (χ3v) is 4.04. The topological polar surface area (TPSA) is 51.1 Å². The fourth-order valence-corrected chi connectivity index (χ4v) is 2.61. The number of nitrogens with zero attached hydrogens (tertiary/aromatic N) is 1. The Morgan fingerprint density at radius 3 is 2.31 bits per heavy atom. The van der Waals surface area contributed by atoms with Gasteiger partial charge in [0.05, 0.1) is 6.54 Å². The van der Waals surface area contributed by atoms with Crippen LogP contribution < -0.4 is 10.9 Å². The van der Waals surface area contributed by atoms with Crippen molar-refractivity contribution in [2.75, 3.05) is 5.32 Å². The van der Waals surface area contributed by atoms with Crippen LogP contribution in [-0.4, -0.2) is 10.5 Å². The third-order valence-electron chi connectivity index (χ3n) is 4.04. The molecule has 0 aliphatic heterocycles. The van der Waals surface area contributed by atoms with E-state index in [0.717, 1.165) is 11.1 Å². The summed E-state index contributed by atoms with van der Waals surface area (Å²) in [7, 11) is 0. The van der Waals surface area contributed by atoms with E-state index in [1.165, 1.54) is 18.2 Å². The summed E-state index contributed by atoms with van der Waals surface area (Å²) in [4.78, 5) is 23.8. The highest BCUT2D eigenvalue weighted by Gasteiger charge is 2.04. The molecule has 26 heavy (non-hydrogen) atoms. The molecule has 0 fully saturated rings. The first-order valence-corrected chi connectivity index (χ1v) is 8.39. The van der Waals surface area contributed by atoms with Crippen LogP contribution in [0.4, 0.5) is 10.1 Å². The van der Waals surface area contributed by atoms with E-state index in [-0.39, 0.29) is 17.3 Å². The number of carbonyl (C=O) groups excluding carboxylic acids is 1. The van der Waals surface area contributed by atoms with E-state index in [1.54, 1.807) is 29.0 Å². The molecule has 0 spiro atoms. The van der Waals surface area contributed by atoms with Crippen molar-refractivity contribution >= 4 is 11.6 Å². The maximum atomic E-state index is 12.9. The molecule has 1 amide bonds. The van der Waals surface area contributed by atoms with Crippen molar-refractivity contribution in [2.45, 2.75) is 19.4 Å². The molecule has 1 N–H and O–H groups in total. The van der Waals surface area contributed by atoms with Crippen molar-refractivity contribution < 1.29 is 9.18 Å². The fourth-order valence-electron chi connectivity index (χ4n) is 2.61. The minimum atomic E-state index is -0.281. The zero-order chi connectivity index (χ0) is 18.4. The number of amides is 1. The van der Waals surface area contributed by atoms with E-state index in [2.05, 4.69) is 5.32 Å². The molecule has 0 aliphatic carbocycles. The lowest BCUT2D eigenvalue weighted by atomic mass is 10.1. The molecule has 3 aromatic rings. The highest BCUT2D eigenvalue weighted by atomic mass is 19.1. The molecule has 0 saturated carbocycles. The average molecular weight is 350 g/mol. The SMILES string of the molecule is O=C(CCc1ccc(F)cc1)Nc1ccc(Cn2ccccc2=O)cc1. The molecule has 0 aliphatic rings. The largest absolute Gasteiger partial charge is 0.326 e. The van der Waals surface area contributed by atoms with Gasteiger partial charge >= 0.3 is 0 Å². The number of aryl methyl sites for hydroxylation is 1. The molecular formula is C21H19FN2O2. The second-order valence-electron chi connectivity index (χ2n) is 6.04. The van der Waals surface area contributed by atoms with Crippen LogP contribution >= 0.6 is 0 Å². The van der Waals surface area contributed by atoms with Crippen LogP contribution in [0.1, 0.15) is 17.5 Å². The van der Waals surface area contributed by atoms with Crippen LogP contribution in [0.3, 0.4) is 0 Å². The molecule has 0 bridgehead atoms. The normalized spacial score (nSPS) is 10.5. The number of anilines is 1. The van der Waals surface area contributed by atoms with Crippen LogP contribution in [0.2, 0.25) is 0 Å². The highest BCUT2D eigenvalue weighted by molar-refractivity contribution is 5.90. The molecule has 3 rings (SSSR count). The van der Waals surface area contributed by atoms with Crippen molar-refractivity contribution in [1.82, 2.24) is 4.57 Å². The molecule has 2 aromatic carbocycles. The van der Waals surface area contributed by atoms with Crippen LogP contribution in [-0.2, 0) is 17.8 Å². The van der Waals surface area contributed by atoms with Crippen LogP contribution in [0.25, 0.3) is 0 Å². The van der Waals surface area contributed by atoms with Gasteiger partial charge in [0.25, 0.3) is 5.56 Å². The Labute approximate surface area is 150 Å². The number of aromatic nitrogens is 1. The summed E-state index contributed by atoms with van der Waals surface area (Å²) >= 11 is 0. The van der Waals surface area contributed by atoms with Gasteiger partial charge in [-0.05, 0) is 47.9 Å². The predicted octanol–water partition coefficient (Wildman–Crippen LogP) is 3.61. The number of halogens is 1. The minimum Gasteiger partial charge on any atom is -0.326 e. The Balaban J connectivity index is 1.53. The van der Waals surface area contributed by atoms with E-state index in [1.807, 2.05) is 30.3 Å². The Morgan fingerprint density at radius 2 is 1.62 bits per heavy atom. The first-order chi connectivity index (χ1) is 12.6. The van der Waals surface area contributed by atoms with Gasteiger partial charge in [0.15, 0.2) is 0 Å². The maximum absolute atomic E-state index is 12.9. The van der Waals surface area contributed by atoms with E-state index in [9.17, 15) is 14.0 Å². The lowest BCUT2D eigenvalue weighted by Crippen LogP contribution is -2.18. The first-order valence-electron chi connectivity index (χ1n) is 8.39. The van der Waals surface area contributed by atoms with Crippen molar-refractivity contribution in [3.63, 3.8) is 0 Å². The fraction of sp³-hybridized carbons (Fsp3) is 0.143. The summed E-state index contributed by atoms with van der Waals surface area (Å²) in [5.41, 5.74) is 2.55. The second-order valence-corrected chi connectivity index (χ2v) is 6.04. The number of nitrogens with one attached hydrogen (secondary N) is 1. The zero-order valence-electron chi connectivity index (χ0n) is 14.2. The van der Waals surface area contributed by atoms with Gasteiger partial charge in [-0.1, -0.05) is 30.3 Å². The molecule has 4 nitrogen and oxygen atoms in total. The number of pyridine rings is 1. The van der Waals surface area contributed by atoms with Crippen molar-refractivity contribution in [3.05, 3.63) is 100 Å². The monoisotopic (exact) mass is 350 g/mol. The van der Waals surface area contributed by atoms with E-state index in [0.29, 0.717) is 25.1 Å². The molecule has 5 heteroatoms. The molecule has 1 aromatic heterocycles. The van der Waals surface area contributed by atoms with Crippen molar-refractivity contribution in [2.24, 2.45) is 0 Å². The first kappa shape index (κ1) is 17.6. The standard InChI is InChI=1S/C21H19FN2O2/c22-18-9-4-16(5-10-18)8-13-20(25)23-19-11-6-17(7-12-19)15-24-14-2-1-3-21(24)26/h1-7,9-12,14H,8,13,15H2,(H,23,25). The van der Waals surface area contributed by atoms with Gasteiger partial charge in [-0.25, -0.2) is 4.39 Å². The summed E-state index contributed by atoms with van der Waals surface area (Å²) in [5.74, 6) is -0.377. The van der Waals surface area contributed by atoms with Gasteiger partial charge in [0.1, 0.15) is 5.82 Å². The van der Waals surface area contributed by atoms with Gasteiger partial charge in [-0.15, -0.1) is 0 Å². The third kappa shape index (κ3) is 4.89. The molecule has 1 heterocycles. The number of rotatable bonds is 6.